The van der Waals surface area contributed by atoms with Crippen molar-refractivity contribution >= 4 is 58.1 Å². The summed E-state index contributed by atoms with van der Waals surface area (Å²) in [7, 11) is 0. The van der Waals surface area contributed by atoms with Gasteiger partial charge in [-0.2, -0.15) is 4.98 Å². The number of rotatable bonds is 6. The second-order valence-corrected chi connectivity index (χ2v) is 10.2. The SMILES string of the molecule is CC1=C(C(=O)Nc2cc(C(=O)O)ccn2)C(c2ccc(N3CCOCC3)cc2Cl)N=C(Nc2nc3ccc(F)cc3o2)N1. The molecule has 0 radical (unpaired) electrons. The monoisotopic (exact) mass is 605 g/mol. The molecule has 4 N–H and O–H groups in total. The van der Waals surface area contributed by atoms with E-state index in [4.69, 9.17) is 25.7 Å². The number of morpholine rings is 1. The molecule has 0 spiro atoms. The molecule has 4 aromatic rings. The van der Waals surface area contributed by atoms with E-state index < -0.39 is 23.7 Å². The smallest absolute Gasteiger partial charge is 0.335 e. The number of amides is 1. The first-order valence-electron chi connectivity index (χ1n) is 13.3. The van der Waals surface area contributed by atoms with Crippen molar-refractivity contribution < 1.29 is 28.2 Å². The number of aromatic carboxylic acids is 1. The number of anilines is 3. The number of pyridine rings is 1. The topological polar surface area (TPSA) is 154 Å². The molecule has 1 amide bonds. The van der Waals surface area contributed by atoms with Crippen molar-refractivity contribution in [2.24, 2.45) is 4.99 Å². The predicted molar refractivity (Wildman–Crippen MR) is 158 cm³/mol. The molecule has 1 fully saturated rings. The lowest BCUT2D eigenvalue weighted by Crippen LogP contribution is -2.37. The molecule has 12 nitrogen and oxygen atoms in total. The Morgan fingerprint density at radius 1 is 1.14 bits per heavy atom. The molecule has 43 heavy (non-hydrogen) atoms. The number of benzene rings is 2. The molecule has 0 aliphatic carbocycles. The predicted octanol–water partition coefficient (Wildman–Crippen LogP) is 4.58. The molecule has 1 saturated heterocycles. The molecule has 2 aliphatic rings. The van der Waals surface area contributed by atoms with Crippen molar-refractivity contribution in [3.05, 3.63) is 88.0 Å². The van der Waals surface area contributed by atoms with E-state index in [1.807, 2.05) is 18.2 Å². The van der Waals surface area contributed by atoms with Crippen LogP contribution in [0.1, 0.15) is 28.9 Å². The summed E-state index contributed by atoms with van der Waals surface area (Å²) in [5, 5.41) is 18.4. The van der Waals surface area contributed by atoms with Crippen molar-refractivity contribution in [1.29, 1.82) is 0 Å². The molecule has 2 aromatic carbocycles. The maximum atomic E-state index is 13.7. The minimum absolute atomic E-state index is 0.0289. The summed E-state index contributed by atoms with van der Waals surface area (Å²) in [6, 6.07) is 11.3. The largest absolute Gasteiger partial charge is 0.478 e. The van der Waals surface area contributed by atoms with E-state index in [1.54, 1.807) is 6.92 Å². The van der Waals surface area contributed by atoms with E-state index in [0.717, 1.165) is 18.8 Å². The van der Waals surface area contributed by atoms with Gasteiger partial charge in [-0.25, -0.2) is 19.2 Å². The van der Waals surface area contributed by atoms with E-state index in [0.29, 0.717) is 35.0 Å². The molecule has 6 rings (SSSR count). The number of ether oxygens (including phenoxy) is 1. The maximum Gasteiger partial charge on any atom is 0.335 e. The first kappa shape index (κ1) is 28.1. The highest BCUT2D eigenvalue weighted by Crippen LogP contribution is 2.37. The number of halogens is 2. The number of carboxylic acid groups (broad SMARTS) is 1. The molecule has 1 unspecified atom stereocenters. The van der Waals surface area contributed by atoms with Gasteiger partial charge in [0.2, 0.25) is 5.96 Å². The standard InChI is InChI=1S/C29H25ClFN7O5/c1-15-24(26(39)35-23-12-16(27(40)41)6-7-32-23)25(19-4-3-18(14-20(19)30)38-8-10-42-11-9-38)36-28(33-15)37-29-34-21-5-2-17(31)13-22(21)43-29/h2-7,12-14,25H,8-11H2,1H3,(H,40,41)(H,32,35,39)(H2,33,34,36,37). The average Bonchev–Trinajstić information content (AvgIpc) is 3.38. The summed E-state index contributed by atoms with van der Waals surface area (Å²) in [4.78, 5) is 40.4. The first-order valence-corrected chi connectivity index (χ1v) is 13.6. The Bertz CT molecular complexity index is 1800. The fraction of sp³-hybridized carbons (Fsp3) is 0.207. The van der Waals surface area contributed by atoms with Crippen LogP contribution in [0.25, 0.3) is 11.1 Å². The molecule has 4 heterocycles. The number of nitrogens with one attached hydrogen (secondary N) is 3. The number of hydrogen-bond donors (Lipinski definition) is 4. The van der Waals surface area contributed by atoms with Crippen LogP contribution in [-0.4, -0.2) is 59.2 Å². The number of allylic oxidation sites excluding steroid dienone is 1. The molecule has 0 bridgehead atoms. The number of carbonyl (C=O) groups is 2. The molecule has 1 atom stereocenters. The van der Waals surface area contributed by atoms with Gasteiger partial charge >= 0.3 is 12.0 Å². The first-order chi connectivity index (χ1) is 20.7. The number of guanidine groups is 1. The Labute approximate surface area is 249 Å². The molecular weight excluding hydrogens is 581 g/mol. The molecule has 2 aliphatic heterocycles. The Kier molecular flexibility index (Phi) is 7.65. The zero-order chi connectivity index (χ0) is 30.1. The van der Waals surface area contributed by atoms with Crippen LogP contribution in [0.4, 0.5) is 21.9 Å². The van der Waals surface area contributed by atoms with Gasteiger partial charge in [-0.3, -0.25) is 10.1 Å². The fourth-order valence-electron chi connectivity index (χ4n) is 4.88. The summed E-state index contributed by atoms with van der Waals surface area (Å²) < 4.78 is 24.8. The van der Waals surface area contributed by atoms with E-state index >= 15 is 0 Å². The van der Waals surface area contributed by atoms with Crippen LogP contribution in [0.5, 0.6) is 0 Å². The maximum absolute atomic E-state index is 13.7. The highest BCUT2D eigenvalue weighted by Gasteiger charge is 2.32. The third-order valence-corrected chi connectivity index (χ3v) is 7.29. The van der Waals surface area contributed by atoms with Crippen molar-refractivity contribution in [3.63, 3.8) is 0 Å². The molecule has 2 aromatic heterocycles. The molecular formula is C29H25ClFN7O5. The van der Waals surface area contributed by atoms with Crippen LogP contribution in [0, 0.1) is 5.82 Å². The van der Waals surface area contributed by atoms with Crippen LogP contribution < -0.4 is 20.9 Å². The van der Waals surface area contributed by atoms with Crippen molar-refractivity contribution in [3.8, 4) is 0 Å². The van der Waals surface area contributed by atoms with Gasteiger partial charge in [0.1, 0.15) is 23.2 Å². The Balaban J connectivity index is 1.35. The van der Waals surface area contributed by atoms with Gasteiger partial charge in [-0.15, -0.1) is 0 Å². The third kappa shape index (κ3) is 5.98. The van der Waals surface area contributed by atoms with Crippen LogP contribution in [-0.2, 0) is 9.53 Å². The van der Waals surface area contributed by atoms with Gasteiger partial charge in [-0.1, -0.05) is 17.7 Å². The average molecular weight is 606 g/mol. The normalized spacial score (nSPS) is 17.0. The summed E-state index contributed by atoms with van der Waals surface area (Å²) in [5.74, 6) is -1.90. The molecule has 0 saturated carbocycles. The van der Waals surface area contributed by atoms with E-state index in [9.17, 15) is 19.1 Å². The summed E-state index contributed by atoms with van der Waals surface area (Å²) in [6.45, 7) is 4.35. The summed E-state index contributed by atoms with van der Waals surface area (Å²) >= 11 is 6.83. The number of oxazole rings is 1. The number of nitrogens with zero attached hydrogens (tertiary/aromatic N) is 4. The minimum Gasteiger partial charge on any atom is -0.478 e. The second-order valence-electron chi connectivity index (χ2n) is 9.79. The zero-order valence-electron chi connectivity index (χ0n) is 22.7. The Morgan fingerprint density at radius 3 is 2.72 bits per heavy atom. The molecule has 220 valence electrons. The van der Waals surface area contributed by atoms with Crippen molar-refractivity contribution in [2.45, 2.75) is 13.0 Å². The number of aromatic nitrogens is 2. The van der Waals surface area contributed by atoms with Gasteiger partial charge in [0.05, 0.1) is 24.4 Å². The van der Waals surface area contributed by atoms with E-state index in [-0.39, 0.29) is 34.5 Å². The molecule has 14 heteroatoms. The zero-order valence-corrected chi connectivity index (χ0v) is 23.5. The lowest BCUT2D eigenvalue weighted by atomic mass is 9.95. The number of aliphatic imine (C=N–C) groups is 1. The number of hydrogen-bond acceptors (Lipinski definition) is 10. The van der Waals surface area contributed by atoms with Gasteiger partial charge in [0.25, 0.3) is 5.91 Å². The third-order valence-electron chi connectivity index (χ3n) is 6.97. The highest BCUT2D eigenvalue weighted by atomic mass is 35.5. The van der Waals surface area contributed by atoms with Crippen LogP contribution in [0.2, 0.25) is 5.02 Å². The van der Waals surface area contributed by atoms with Gasteiger partial charge in [0.15, 0.2) is 5.58 Å². The number of fused-ring (bicyclic) bond motifs is 1. The van der Waals surface area contributed by atoms with Crippen molar-refractivity contribution in [2.75, 3.05) is 41.8 Å². The van der Waals surface area contributed by atoms with Gasteiger partial charge < -0.3 is 29.8 Å². The lowest BCUT2D eigenvalue weighted by molar-refractivity contribution is -0.113. The Morgan fingerprint density at radius 2 is 1.95 bits per heavy atom. The minimum atomic E-state index is -1.15. The number of carboxylic acids is 1. The summed E-state index contributed by atoms with van der Waals surface area (Å²) in [6.07, 6.45) is 1.30. The van der Waals surface area contributed by atoms with Crippen LogP contribution in [0.15, 0.2) is 75.4 Å². The van der Waals surface area contributed by atoms with Crippen LogP contribution >= 0.6 is 11.6 Å². The quantitative estimate of drug-likeness (QED) is 0.246. The highest BCUT2D eigenvalue weighted by molar-refractivity contribution is 6.32. The van der Waals surface area contributed by atoms with Gasteiger partial charge in [-0.05, 0) is 43.3 Å². The second kappa shape index (κ2) is 11.7. The summed E-state index contributed by atoms with van der Waals surface area (Å²) in [5.41, 5.74) is 2.80. The van der Waals surface area contributed by atoms with E-state index in [2.05, 4.69) is 30.8 Å². The van der Waals surface area contributed by atoms with E-state index in [1.165, 1.54) is 36.5 Å². The number of carbonyl (C=O) groups excluding carboxylic acids is 1. The van der Waals surface area contributed by atoms with Crippen molar-refractivity contribution in [1.82, 2.24) is 15.3 Å². The lowest BCUT2D eigenvalue weighted by Gasteiger charge is -2.30. The Hall–Kier alpha value is -5.01. The van der Waals surface area contributed by atoms with Gasteiger partial charge in [0, 0.05) is 47.3 Å². The fourth-order valence-corrected chi connectivity index (χ4v) is 5.16. The van der Waals surface area contributed by atoms with Crippen LogP contribution in [0.3, 0.4) is 0 Å².